The van der Waals surface area contributed by atoms with E-state index in [-0.39, 0.29) is 6.10 Å². The van der Waals surface area contributed by atoms with Crippen molar-refractivity contribution in [2.24, 2.45) is 0 Å². The van der Waals surface area contributed by atoms with Crippen molar-refractivity contribution in [1.29, 1.82) is 0 Å². The molecule has 0 aliphatic rings. The van der Waals surface area contributed by atoms with Gasteiger partial charge in [0.15, 0.2) is 0 Å². The van der Waals surface area contributed by atoms with E-state index in [1.807, 2.05) is 6.92 Å². The van der Waals surface area contributed by atoms with Crippen LogP contribution in [0.2, 0.25) is 0 Å². The monoisotopic (exact) mass is 220 g/mol. The summed E-state index contributed by atoms with van der Waals surface area (Å²) in [5.41, 5.74) is 1.43. The summed E-state index contributed by atoms with van der Waals surface area (Å²) >= 11 is 0. The van der Waals surface area contributed by atoms with Crippen LogP contribution in [-0.2, 0) is 0 Å². The second-order valence-corrected chi connectivity index (χ2v) is 4.68. The molecule has 1 heteroatoms. The summed E-state index contributed by atoms with van der Waals surface area (Å²) in [6, 6.07) is 10.7. The SMILES string of the molecule is CCCCC(CCC(C)O)c1ccccc1. The van der Waals surface area contributed by atoms with Crippen LogP contribution in [0.25, 0.3) is 0 Å². The van der Waals surface area contributed by atoms with Gasteiger partial charge in [0.1, 0.15) is 0 Å². The molecular formula is C15H24O. The van der Waals surface area contributed by atoms with Crippen LogP contribution in [0.15, 0.2) is 30.3 Å². The van der Waals surface area contributed by atoms with Crippen molar-refractivity contribution in [3.8, 4) is 0 Å². The van der Waals surface area contributed by atoms with Crippen LogP contribution in [0, 0.1) is 0 Å². The van der Waals surface area contributed by atoms with Crippen molar-refractivity contribution in [3.63, 3.8) is 0 Å². The van der Waals surface area contributed by atoms with Crippen molar-refractivity contribution in [2.45, 2.75) is 58.0 Å². The van der Waals surface area contributed by atoms with Crippen molar-refractivity contribution < 1.29 is 5.11 Å². The van der Waals surface area contributed by atoms with E-state index in [9.17, 15) is 5.11 Å². The maximum atomic E-state index is 9.37. The molecule has 0 radical (unpaired) electrons. The van der Waals surface area contributed by atoms with Gasteiger partial charge in [-0.3, -0.25) is 0 Å². The summed E-state index contributed by atoms with van der Waals surface area (Å²) in [7, 11) is 0. The van der Waals surface area contributed by atoms with E-state index < -0.39 is 0 Å². The van der Waals surface area contributed by atoms with Gasteiger partial charge in [0, 0.05) is 0 Å². The van der Waals surface area contributed by atoms with E-state index in [0.717, 1.165) is 12.8 Å². The lowest BCUT2D eigenvalue weighted by molar-refractivity contribution is 0.177. The predicted molar refractivity (Wildman–Crippen MR) is 69.6 cm³/mol. The fourth-order valence-electron chi connectivity index (χ4n) is 2.10. The second-order valence-electron chi connectivity index (χ2n) is 4.68. The van der Waals surface area contributed by atoms with Crippen LogP contribution in [0.5, 0.6) is 0 Å². The first-order valence-corrected chi connectivity index (χ1v) is 6.47. The molecule has 0 spiro atoms. The lowest BCUT2D eigenvalue weighted by Gasteiger charge is -2.17. The molecule has 1 nitrogen and oxygen atoms in total. The standard InChI is InChI=1S/C15H24O/c1-3-4-8-15(12-11-13(2)16)14-9-6-5-7-10-14/h5-7,9-10,13,15-16H,3-4,8,11-12H2,1-2H3. The van der Waals surface area contributed by atoms with Crippen LogP contribution >= 0.6 is 0 Å². The molecule has 2 atom stereocenters. The van der Waals surface area contributed by atoms with Crippen LogP contribution < -0.4 is 0 Å². The van der Waals surface area contributed by atoms with Gasteiger partial charge >= 0.3 is 0 Å². The van der Waals surface area contributed by atoms with Gasteiger partial charge in [-0.05, 0) is 37.7 Å². The largest absolute Gasteiger partial charge is 0.393 e. The van der Waals surface area contributed by atoms with Gasteiger partial charge in [-0.15, -0.1) is 0 Å². The van der Waals surface area contributed by atoms with Crippen LogP contribution in [-0.4, -0.2) is 11.2 Å². The van der Waals surface area contributed by atoms with E-state index >= 15 is 0 Å². The minimum absolute atomic E-state index is 0.173. The van der Waals surface area contributed by atoms with Gasteiger partial charge in [0.05, 0.1) is 6.10 Å². The van der Waals surface area contributed by atoms with Crippen LogP contribution in [0.3, 0.4) is 0 Å². The molecule has 0 heterocycles. The molecule has 1 N–H and O–H groups in total. The lowest BCUT2D eigenvalue weighted by atomic mass is 9.89. The Balaban J connectivity index is 2.56. The zero-order valence-electron chi connectivity index (χ0n) is 10.5. The Kier molecular flexibility index (Phi) is 6.17. The van der Waals surface area contributed by atoms with Crippen LogP contribution in [0.4, 0.5) is 0 Å². The molecule has 0 aliphatic carbocycles. The summed E-state index contributed by atoms with van der Waals surface area (Å²) in [5, 5.41) is 9.37. The lowest BCUT2D eigenvalue weighted by Crippen LogP contribution is -2.05. The minimum atomic E-state index is -0.173. The Bertz CT molecular complexity index is 266. The van der Waals surface area contributed by atoms with Crippen molar-refractivity contribution in [1.82, 2.24) is 0 Å². The third-order valence-corrected chi connectivity index (χ3v) is 3.11. The molecule has 0 bridgehead atoms. The highest BCUT2D eigenvalue weighted by Gasteiger charge is 2.11. The van der Waals surface area contributed by atoms with E-state index in [0.29, 0.717) is 5.92 Å². The van der Waals surface area contributed by atoms with Gasteiger partial charge in [0.2, 0.25) is 0 Å². The molecular weight excluding hydrogens is 196 g/mol. The van der Waals surface area contributed by atoms with Crippen molar-refractivity contribution in [3.05, 3.63) is 35.9 Å². The number of aliphatic hydroxyl groups is 1. The third kappa shape index (κ3) is 4.80. The Morgan fingerprint density at radius 2 is 1.75 bits per heavy atom. The van der Waals surface area contributed by atoms with Gasteiger partial charge < -0.3 is 5.11 Å². The zero-order valence-corrected chi connectivity index (χ0v) is 10.5. The van der Waals surface area contributed by atoms with Crippen molar-refractivity contribution in [2.75, 3.05) is 0 Å². The summed E-state index contributed by atoms with van der Waals surface area (Å²) in [5.74, 6) is 0.621. The number of aliphatic hydroxyl groups excluding tert-OH is 1. The van der Waals surface area contributed by atoms with Gasteiger partial charge in [-0.2, -0.15) is 0 Å². The molecule has 1 aromatic rings. The maximum absolute atomic E-state index is 9.37. The highest BCUT2D eigenvalue weighted by Crippen LogP contribution is 2.27. The topological polar surface area (TPSA) is 20.2 Å². The highest BCUT2D eigenvalue weighted by molar-refractivity contribution is 5.19. The first-order chi connectivity index (χ1) is 7.74. The van der Waals surface area contributed by atoms with E-state index in [1.54, 1.807) is 0 Å². The van der Waals surface area contributed by atoms with E-state index in [1.165, 1.54) is 24.8 Å². The fourth-order valence-corrected chi connectivity index (χ4v) is 2.10. The Hall–Kier alpha value is -0.820. The average Bonchev–Trinajstić information content (AvgIpc) is 2.30. The molecule has 0 amide bonds. The second kappa shape index (κ2) is 7.45. The number of hydrogen-bond donors (Lipinski definition) is 1. The zero-order chi connectivity index (χ0) is 11.8. The molecule has 16 heavy (non-hydrogen) atoms. The number of benzene rings is 1. The Morgan fingerprint density at radius 1 is 1.06 bits per heavy atom. The van der Waals surface area contributed by atoms with Crippen molar-refractivity contribution >= 4 is 0 Å². The van der Waals surface area contributed by atoms with Gasteiger partial charge in [0.25, 0.3) is 0 Å². The summed E-state index contributed by atoms with van der Waals surface area (Å²) in [6.45, 7) is 4.11. The number of rotatable bonds is 7. The highest BCUT2D eigenvalue weighted by atomic mass is 16.3. The van der Waals surface area contributed by atoms with E-state index in [2.05, 4.69) is 37.3 Å². The first-order valence-electron chi connectivity index (χ1n) is 6.47. The smallest absolute Gasteiger partial charge is 0.0512 e. The molecule has 1 rings (SSSR count). The molecule has 0 aromatic heterocycles. The minimum Gasteiger partial charge on any atom is -0.393 e. The molecule has 0 saturated heterocycles. The maximum Gasteiger partial charge on any atom is 0.0512 e. The quantitative estimate of drug-likeness (QED) is 0.732. The normalized spacial score (nSPS) is 14.7. The summed E-state index contributed by atoms with van der Waals surface area (Å²) in [6.07, 6.45) is 5.60. The van der Waals surface area contributed by atoms with Gasteiger partial charge in [-0.1, -0.05) is 50.1 Å². The first kappa shape index (κ1) is 13.2. The van der Waals surface area contributed by atoms with Crippen LogP contribution in [0.1, 0.15) is 57.4 Å². The third-order valence-electron chi connectivity index (χ3n) is 3.11. The van der Waals surface area contributed by atoms with Gasteiger partial charge in [-0.25, -0.2) is 0 Å². The van der Waals surface area contributed by atoms with E-state index in [4.69, 9.17) is 0 Å². The molecule has 0 fully saturated rings. The summed E-state index contributed by atoms with van der Waals surface area (Å²) < 4.78 is 0. The molecule has 1 aromatic carbocycles. The molecule has 90 valence electrons. The number of hydrogen-bond acceptors (Lipinski definition) is 1. The predicted octanol–water partition coefficient (Wildman–Crippen LogP) is 4.12. The summed E-state index contributed by atoms with van der Waals surface area (Å²) in [4.78, 5) is 0. The average molecular weight is 220 g/mol. The molecule has 0 saturated carbocycles. The Morgan fingerprint density at radius 3 is 2.31 bits per heavy atom. The Labute approximate surface area is 99.5 Å². The molecule has 0 aliphatic heterocycles. The fraction of sp³-hybridized carbons (Fsp3) is 0.600. The number of unbranched alkanes of at least 4 members (excludes halogenated alkanes) is 1. The molecule has 2 unspecified atom stereocenters.